The quantitative estimate of drug-likeness (QED) is 0.854. The average Bonchev–Trinajstić information content (AvgIpc) is 2.35. The van der Waals surface area contributed by atoms with Gasteiger partial charge in [-0.3, -0.25) is 0 Å². The Morgan fingerprint density at radius 1 is 1.46 bits per heavy atom. The molecule has 13 heavy (non-hydrogen) atoms. The number of hydrogen-bond acceptors (Lipinski definition) is 3. The zero-order valence-corrected chi connectivity index (χ0v) is 9.40. The molecule has 78 valence electrons. The van der Waals surface area contributed by atoms with Crippen LogP contribution >= 0.6 is 24.8 Å². The summed E-state index contributed by atoms with van der Waals surface area (Å²) in [7, 11) is 3.98. The van der Waals surface area contributed by atoms with Crippen molar-refractivity contribution < 1.29 is 4.42 Å². The normalized spacial score (nSPS) is 11.7. The standard InChI is InChI=1S/C8H14N2O.2ClH/c1-10(2)6-7(9)8-4-3-5-11-8;;/h3-5,7H,6,9H2,1-2H3;2*1H. The van der Waals surface area contributed by atoms with Crippen LogP contribution in [0, 0.1) is 0 Å². The highest BCUT2D eigenvalue weighted by Crippen LogP contribution is 2.10. The summed E-state index contributed by atoms with van der Waals surface area (Å²) < 4.78 is 5.14. The molecule has 1 unspecified atom stereocenters. The molecular formula is C8H16Cl2N2O. The highest BCUT2D eigenvalue weighted by atomic mass is 35.5. The molecule has 0 fully saturated rings. The van der Waals surface area contributed by atoms with Crippen LogP contribution in [0.2, 0.25) is 0 Å². The van der Waals surface area contributed by atoms with Gasteiger partial charge in [0.1, 0.15) is 5.76 Å². The van der Waals surface area contributed by atoms with E-state index in [0.29, 0.717) is 0 Å². The average molecular weight is 227 g/mol. The zero-order valence-electron chi connectivity index (χ0n) is 7.77. The first-order valence-electron chi connectivity index (χ1n) is 3.64. The fraction of sp³-hybridized carbons (Fsp3) is 0.500. The van der Waals surface area contributed by atoms with Crippen molar-refractivity contribution in [3.05, 3.63) is 24.2 Å². The van der Waals surface area contributed by atoms with Gasteiger partial charge < -0.3 is 15.1 Å². The molecule has 1 aromatic rings. The maximum Gasteiger partial charge on any atom is 0.121 e. The molecule has 2 N–H and O–H groups in total. The number of halogens is 2. The Bertz CT molecular complexity index is 202. The van der Waals surface area contributed by atoms with Gasteiger partial charge in [-0.05, 0) is 26.2 Å². The molecule has 3 nitrogen and oxygen atoms in total. The molecule has 0 aliphatic heterocycles. The van der Waals surface area contributed by atoms with Gasteiger partial charge in [-0.25, -0.2) is 0 Å². The van der Waals surface area contributed by atoms with E-state index < -0.39 is 0 Å². The lowest BCUT2D eigenvalue weighted by Gasteiger charge is -2.14. The summed E-state index contributed by atoms with van der Waals surface area (Å²) in [5.74, 6) is 0.846. The van der Waals surface area contributed by atoms with Crippen LogP contribution in [-0.4, -0.2) is 25.5 Å². The summed E-state index contributed by atoms with van der Waals surface area (Å²) in [5, 5.41) is 0. The maximum absolute atomic E-state index is 5.80. The molecule has 1 heterocycles. The summed E-state index contributed by atoms with van der Waals surface area (Å²) in [4.78, 5) is 2.03. The highest BCUT2D eigenvalue weighted by Gasteiger charge is 2.08. The van der Waals surface area contributed by atoms with Gasteiger partial charge in [0.2, 0.25) is 0 Å². The minimum absolute atomic E-state index is 0. The first kappa shape index (κ1) is 15.3. The minimum atomic E-state index is -0.0139. The molecule has 0 aromatic carbocycles. The Labute approximate surface area is 91.1 Å². The fourth-order valence-corrected chi connectivity index (χ4v) is 0.986. The van der Waals surface area contributed by atoms with E-state index in [1.807, 2.05) is 31.1 Å². The lowest BCUT2D eigenvalue weighted by atomic mass is 10.2. The Morgan fingerprint density at radius 3 is 2.46 bits per heavy atom. The fourth-order valence-electron chi connectivity index (χ4n) is 0.986. The van der Waals surface area contributed by atoms with Crippen molar-refractivity contribution in [2.45, 2.75) is 6.04 Å². The molecule has 5 heteroatoms. The summed E-state index contributed by atoms with van der Waals surface area (Å²) >= 11 is 0. The second kappa shape index (κ2) is 7.21. The molecule has 0 aliphatic rings. The van der Waals surface area contributed by atoms with Crippen LogP contribution in [0.1, 0.15) is 11.8 Å². The van der Waals surface area contributed by atoms with E-state index >= 15 is 0 Å². The molecule has 1 rings (SSSR count). The van der Waals surface area contributed by atoms with Gasteiger partial charge in [-0.15, -0.1) is 24.8 Å². The topological polar surface area (TPSA) is 42.4 Å². The summed E-state index contributed by atoms with van der Waals surface area (Å²) in [6.07, 6.45) is 1.64. The van der Waals surface area contributed by atoms with Crippen molar-refractivity contribution >= 4 is 24.8 Å². The zero-order chi connectivity index (χ0) is 8.27. The van der Waals surface area contributed by atoms with Crippen molar-refractivity contribution in [1.29, 1.82) is 0 Å². The van der Waals surface area contributed by atoms with Crippen molar-refractivity contribution in [2.75, 3.05) is 20.6 Å². The first-order chi connectivity index (χ1) is 5.20. The van der Waals surface area contributed by atoms with Gasteiger partial charge in [0.15, 0.2) is 0 Å². The molecule has 0 saturated carbocycles. The summed E-state index contributed by atoms with van der Waals surface area (Å²) in [5.41, 5.74) is 5.80. The number of nitrogens with zero attached hydrogens (tertiary/aromatic N) is 1. The van der Waals surface area contributed by atoms with Crippen molar-refractivity contribution in [1.82, 2.24) is 4.90 Å². The molecule has 1 atom stereocenters. The molecular weight excluding hydrogens is 211 g/mol. The van der Waals surface area contributed by atoms with Gasteiger partial charge in [-0.2, -0.15) is 0 Å². The lowest BCUT2D eigenvalue weighted by molar-refractivity contribution is 0.345. The van der Waals surface area contributed by atoms with E-state index in [2.05, 4.69) is 0 Å². The molecule has 0 saturated heterocycles. The SMILES string of the molecule is CN(C)CC(N)c1ccco1.Cl.Cl. The molecule has 0 amide bonds. The van der Waals surface area contributed by atoms with Crippen LogP contribution in [0.25, 0.3) is 0 Å². The smallest absolute Gasteiger partial charge is 0.121 e. The Hall–Kier alpha value is -0.220. The van der Waals surface area contributed by atoms with Crippen LogP contribution in [0.3, 0.4) is 0 Å². The second-order valence-corrected chi connectivity index (χ2v) is 2.88. The summed E-state index contributed by atoms with van der Waals surface area (Å²) in [6.45, 7) is 0.813. The Kier molecular flexibility index (Phi) is 8.46. The predicted octanol–water partition coefficient (Wildman–Crippen LogP) is 1.68. The summed E-state index contributed by atoms with van der Waals surface area (Å²) in [6, 6.07) is 3.74. The third-order valence-corrected chi connectivity index (χ3v) is 1.47. The van der Waals surface area contributed by atoms with Crippen LogP contribution in [0.15, 0.2) is 22.8 Å². The molecule has 0 bridgehead atoms. The first-order valence-corrected chi connectivity index (χ1v) is 3.64. The minimum Gasteiger partial charge on any atom is -0.468 e. The van der Waals surface area contributed by atoms with Crippen LogP contribution in [-0.2, 0) is 0 Å². The lowest BCUT2D eigenvalue weighted by Crippen LogP contribution is -2.25. The second-order valence-electron chi connectivity index (χ2n) is 2.88. The van der Waals surface area contributed by atoms with Crippen LogP contribution in [0.4, 0.5) is 0 Å². The van der Waals surface area contributed by atoms with E-state index in [-0.39, 0.29) is 30.9 Å². The number of nitrogens with two attached hydrogens (primary N) is 1. The number of hydrogen-bond donors (Lipinski definition) is 1. The predicted molar refractivity (Wildman–Crippen MR) is 58.7 cm³/mol. The number of furan rings is 1. The Balaban J connectivity index is 0. The van der Waals surface area contributed by atoms with Crippen molar-refractivity contribution in [3.8, 4) is 0 Å². The van der Waals surface area contributed by atoms with Crippen molar-refractivity contribution in [2.24, 2.45) is 5.73 Å². The largest absolute Gasteiger partial charge is 0.468 e. The Morgan fingerprint density at radius 2 is 2.08 bits per heavy atom. The third kappa shape index (κ3) is 5.16. The molecule has 1 aromatic heterocycles. The monoisotopic (exact) mass is 226 g/mol. The molecule has 0 aliphatic carbocycles. The van der Waals surface area contributed by atoms with Gasteiger partial charge in [0, 0.05) is 6.54 Å². The van der Waals surface area contributed by atoms with E-state index in [0.717, 1.165) is 12.3 Å². The van der Waals surface area contributed by atoms with Crippen LogP contribution in [0.5, 0.6) is 0 Å². The van der Waals surface area contributed by atoms with Gasteiger partial charge in [-0.1, -0.05) is 0 Å². The van der Waals surface area contributed by atoms with E-state index in [9.17, 15) is 0 Å². The number of likely N-dealkylation sites (N-methyl/N-ethyl adjacent to an activating group) is 1. The van der Waals surface area contributed by atoms with Gasteiger partial charge in [0.25, 0.3) is 0 Å². The van der Waals surface area contributed by atoms with E-state index in [4.69, 9.17) is 10.2 Å². The van der Waals surface area contributed by atoms with Crippen LogP contribution < -0.4 is 5.73 Å². The van der Waals surface area contributed by atoms with E-state index in [1.165, 1.54) is 0 Å². The molecule has 0 spiro atoms. The highest BCUT2D eigenvalue weighted by molar-refractivity contribution is 5.85. The van der Waals surface area contributed by atoms with E-state index in [1.54, 1.807) is 6.26 Å². The molecule has 0 radical (unpaired) electrons. The maximum atomic E-state index is 5.80. The van der Waals surface area contributed by atoms with Gasteiger partial charge in [0.05, 0.1) is 12.3 Å². The van der Waals surface area contributed by atoms with Crippen molar-refractivity contribution in [3.63, 3.8) is 0 Å². The third-order valence-electron chi connectivity index (χ3n) is 1.47. The van der Waals surface area contributed by atoms with Gasteiger partial charge >= 0.3 is 0 Å². The number of rotatable bonds is 3.